The Morgan fingerprint density at radius 2 is 2.15 bits per heavy atom. The highest BCUT2D eigenvalue weighted by Crippen LogP contribution is 2.20. The maximum atomic E-state index is 5.24. The van der Waals surface area contributed by atoms with Crippen molar-refractivity contribution in [1.29, 1.82) is 0 Å². The summed E-state index contributed by atoms with van der Waals surface area (Å²) in [7, 11) is 0. The van der Waals surface area contributed by atoms with E-state index in [0.717, 1.165) is 30.0 Å². The minimum absolute atomic E-state index is 0.599. The summed E-state index contributed by atoms with van der Waals surface area (Å²) in [6.07, 6.45) is 5.61. The van der Waals surface area contributed by atoms with Crippen LogP contribution in [0.2, 0.25) is 0 Å². The highest BCUT2D eigenvalue weighted by atomic mass is 16.3. The van der Waals surface area contributed by atoms with Crippen LogP contribution in [0.4, 0.5) is 5.69 Å². The molecule has 2 aromatic rings. The zero-order valence-electron chi connectivity index (χ0n) is 11.9. The Labute approximate surface area is 119 Å². The van der Waals surface area contributed by atoms with Gasteiger partial charge in [0.15, 0.2) is 5.89 Å². The lowest BCUT2D eigenvalue weighted by Gasteiger charge is -2.24. The fraction of sp³-hybridized carbons (Fsp3) is 0.438. The zero-order valence-corrected chi connectivity index (χ0v) is 11.9. The second kappa shape index (κ2) is 6.09. The van der Waals surface area contributed by atoms with Crippen LogP contribution < -0.4 is 10.6 Å². The lowest BCUT2D eigenvalue weighted by Crippen LogP contribution is -2.39. The van der Waals surface area contributed by atoms with E-state index < -0.39 is 0 Å². The van der Waals surface area contributed by atoms with E-state index in [2.05, 4.69) is 39.9 Å². The lowest BCUT2D eigenvalue weighted by atomic mass is 10.0. The van der Waals surface area contributed by atoms with Crippen molar-refractivity contribution in [1.82, 2.24) is 10.3 Å². The molecule has 3 rings (SSSR count). The number of nitrogens with one attached hydrogen (secondary N) is 2. The molecule has 2 heterocycles. The summed E-state index contributed by atoms with van der Waals surface area (Å²) in [6.45, 7) is 4.00. The molecule has 1 aromatic heterocycles. The molecular weight excluding hydrogens is 250 g/mol. The molecule has 1 unspecified atom stereocenters. The van der Waals surface area contributed by atoms with Crippen molar-refractivity contribution in [2.24, 2.45) is 0 Å². The number of nitrogens with zero attached hydrogens (tertiary/aromatic N) is 1. The first kappa shape index (κ1) is 13.2. The van der Waals surface area contributed by atoms with Gasteiger partial charge in [-0.1, -0.05) is 18.6 Å². The van der Waals surface area contributed by atoms with Gasteiger partial charge in [0.05, 0.1) is 0 Å². The summed E-state index contributed by atoms with van der Waals surface area (Å²) in [5.41, 5.74) is 3.13. The molecule has 2 N–H and O–H groups in total. The van der Waals surface area contributed by atoms with Crippen LogP contribution in [0.25, 0.3) is 11.3 Å². The van der Waals surface area contributed by atoms with Crippen molar-refractivity contribution in [2.75, 3.05) is 18.4 Å². The predicted octanol–water partition coefficient (Wildman–Crippen LogP) is 3.20. The van der Waals surface area contributed by atoms with E-state index in [1.54, 1.807) is 6.26 Å². The van der Waals surface area contributed by atoms with Crippen LogP contribution >= 0.6 is 0 Å². The molecule has 1 saturated heterocycles. The Morgan fingerprint density at radius 3 is 2.80 bits per heavy atom. The molecule has 20 heavy (non-hydrogen) atoms. The van der Waals surface area contributed by atoms with Gasteiger partial charge in [-0.25, -0.2) is 4.98 Å². The normalized spacial score (nSPS) is 18.9. The number of aryl methyl sites for hydroxylation is 1. The van der Waals surface area contributed by atoms with Gasteiger partial charge in [0.2, 0.25) is 0 Å². The second-order valence-corrected chi connectivity index (χ2v) is 5.36. The molecular formula is C16H21N3O. The van der Waals surface area contributed by atoms with Gasteiger partial charge in [0, 0.05) is 30.8 Å². The van der Waals surface area contributed by atoms with Crippen molar-refractivity contribution in [3.8, 4) is 11.3 Å². The molecule has 4 heteroatoms. The topological polar surface area (TPSA) is 50.1 Å². The number of rotatable bonds is 4. The first-order chi connectivity index (χ1) is 9.81. The third-order valence-corrected chi connectivity index (χ3v) is 3.76. The van der Waals surface area contributed by atoms with Gasteiger partial charge in [-0.15, -0.1) is 0 Å². The maximum absolute atomic E-state index is 5.24. The molecule has 106 valence electrons. The van der Waals surface area contributed by atoms with Crippen molar-refractivity contribution in [3.63, 3.8) is 0 Å². The number of hydrogen-bond acceptors (Lipinski definition) is 4. The lowest BCUT2D eigenvalue weighted by molar-refractivity contribution is 0.414. The molecule has 0 aliphatic carbocycles. The molecule has 0 bridgehead atoms. The molecule has 1 aromatic carbocycles. The molecule has 1 aliphatic rings. The minimum Gasteiger partial charge on any atom is -0.449 e. The van der Waals surface area contributed by atoms with E-state index in [1.807, 2.05) is 6.92 Å². The molecule has 1 aliphatic heterocycles. The van der Waals surface area contributed by atoms with Crippen LogP contribution in [0.1, 0.15) is 25.2 Å². The summed E-state index contributed by atoms with van der Waals surface area (Å²) < 4.78 is 5.24. The Balaban J connectivity index is 1.58. The first-order valence-electron chi connectivity index (χ1n) is 7.31. The van der Waals surface area contributed by atoms with Crippen LogP contribution in [0.5, 0.6) is 0 Å². The first-order valence-corrected chi connectivity index (χ1v) is 7.31. The molecule has 1 fully saturated rings. The van der Waals surface area contributed by atoms with Gasteiger partial charge in [-0.05, 0) is 31.5 Å². The van der Waals surface area contributed by atoms with Crippen molar-refractivity contribution in [3.05, 3.63) is 36.4 Å². The van der Waals surface area contributed by atoms with E-state index in [0.29, 0.717) is 11.9 Å². The van der Waals surface area contributed by atoms with Gasteiger partial charge in [0.25, 0.3) is 0 Å². The van der Waals surface area contributed by atoms with E-state index in [1.165, 1.54) is 19.3 Å². The van der Waals surface area contributed by atoms with Gasteiger partial charge < -0.3 is 15.1 Å². The number of piperidine rings is 1. The average molecular weight is 271 g/mol. The number of aromatic nitrogens is 1. The number of benzene rings is 1. The summed E-state index contributed by atoms with van der Waals surface area (Å²) in [5.74, 6) is 0.700. The molecule has 0 saturated carbocycles. The number of hydrogen-bond donors (Lipinski definition) is 2. The van der Waals surface area contributed by atoms with Crippen LogP contribution in [0.3, 0.4) is 0 Å². The fourth-order valence-electron chi connectivity index (χ4n) is 2.59. The Kier molecular flexibility index (Phi) is 4.02. The quantitative estimate of drug-likeness (QED) is 0.896. The Hall–Kier alpha value is -1.81. The van der Waals surface area contributed by atoms with Crippen molar-refractivity contribution >= 4 is 5.69 Å². The second-order valence-electron chi connectivity index (χ2n) is 5.36. The van der Waals surface area contributed by atoms with Crippen LogP contribution in [-0.2, 0) is 0 Å². The third-order valence-electron chi connectivity index (χ3n) is 3.76. The van der Waals surface area contributed by atoms with Crippen molar-refractivity contribution in [2.45, 2.75) is 32.2 Å². The summed E-state index contributed by atoms with van der Waals surface area (Å²) in [4.78, 5) is 4.33. The fourth-order valence-corrected chi connectivity index (χ4v) is 2.59. The zero-order chi connectivity index (χ0) is 13.8. The van der Waals surface area contributed by atoms with E-state index in [9.17, 15) is 0 Å². The summed E-state index contributed by atoms with van der Waals surface area (Å²) in [6, 6.07) is 8.95. The van der Waals surface area contributed by atoms with E-state index >= 15 is 0 Å². The molecule has 4 nitrogen and oxygen atoms in total. The van der Waals surface area contributed by atoms with E-state index in [4.69, 9.17) is 4.42 Å². The SMILES string of the molecule is Cc1nc(-c2ccc(NCC3CCCCN3)cc2)co1. The summed E-state index contributed by atoms with van der Waals surface area (Å²) in [5, 5.41) is 7.04. The molecule has 1 atom stereocenters. The Morgan fingerprint density at radius 1 is 1.30 bits per heavy atom. The van der Waals surface area contributed by atoms with Crippen molar-refractivity contribution < 1.29 is 4.42 Å². The van der Waals surface area contributed by atoms with Crippen LogP contribution in [-0.4, -0.2) is 24.1 Å². The Bertz CT molecular complexity index is 541. The predicted molar refractivity (Wildman–Crippen MR) is 80.8 cm³/mol. The van der Waals surface area contributed by atoms with Gasteiger partial charge >= 0.3 is 0 Å². The van der Waals surface area contributed by atoms with Gasteiger partial charge in [-0.3, -0.25) is 0 Å². The molecule has 0 radical (unpaired) electrons. The van der Waals surface area contributed by atoms with Crippen LogP contribution in [0.15, 0.2) is 34.9 Å². The highest BCUT2D eigenvalue weighted by Gasteiger charge is 2.11. The summed E-state index contributed by atoms with van der Waals surface area (Å²) >= 11 is 0. The van der Waals surface area contributed by atoms with Gasteiger partial charge in [-0.2, -0.15) is 0 Å². The van der Waals surface area contributed by atoms with E-state index in [-0.39, 0.29) is 0 Å². The number of oxazole rings is 1. The third kappa shape index (κ3) is 3.20. The number of anilines is 1. The maximum Gasteiger partial charge on any atom is 0.191 e. The largest absolute Gasteiger partial charge is 0.449 e. The standard InChI is InChI=1S/C16H21N3O/c1-12-19-16(11-20-12)13-5-7-14(8-6-13)18-10-15-4-2-3-9-17-15/h5-8,11,15,17-18H,2-4,9-10H2,1H3. The highest BCUT2D eigenvalue weighted by molar-refractivity contribution is 5.61. The monoisotopic (exact) mass is 271 g/mol. The van der Waals surface area contributed by atoms with Crippen LogP contribution in [0, 0.1) is 6.92 Å². The minimum atomic E-state index is 0.599. The van der Waals surface area contributed by atoms with Gasteiger partial charge in [0.1, 0.15) is 12.0 Å². The average Bonchev–Trinajstić information content (AvgIpc) is 2.93. The smallest absolute Gasteiger partial charge is 0.191 e. The molecule has 0 amide bonds. The molecule has 0 spiro atoms.